The molecule has 0 spiro atoms. The fourth-order valence-electron chi connectivity index (χ4n) is 2.87. The van der Waals surface area contributed by atoms with E-state index in [0.717, 1.165) is 24.6 Å². The maximum absolute atomic E-state index is 13.9. The largest absolute Gasteiger partial charge is 0.382 e. The van der Waals surface area contributed by atoms with Gasteiger partial charge >= 0.3 is 0 Å². The second-order valence-electron chi connectivity index (χ2n) is 5.61. The molecule has 0 heterocycles. The summed E-state index contributed by atoms with van der Waals surface area (Å²) in [5.41, 5.74) is 3.39. The molecule has 0 bridgehead atoms. The van der Waals surface area contributed by atoms with Crippen LogP contribution in [0.4, 0.5) is 10.1 Å². The molecule has 1 atom stereocenters. The Labute approximate surface area is 102 Å². The van der Waals surface area contributed by atoms with Crippen molar-refractivity contribution in [1.82, 2.24) is 0 Å². The summed E-state index contributed by atoms with van der Waals surface area (Å²) in [7, 11) is 0. The van der Waals surface area contributed by atoms with Crippen LogP contribution in [0.5, 0.6) is 0 Å². The topological polar surface area (TPSA) is 12.0 Å². The Morgan fingerprint density at radius 1 is 1.29 bits per heavy atom. The smallest absolute Gasteiger partial charge is 0.146 e. The van der Waals surface area contributed by atoms with Crippen LogP contribution in [0, 0.1) is 11.7 Å². The molecule has 92 valence electrons. The van der Waals surface area contributed by atoms with E-state index in [4.69, 9.17) is 0 Å². The van der Waals surface area contributed by atoms with Crippen molar-refractivity contribution in [2.45, 2.75) is 44.9 Å². The molecule has 2 aliphatic rings. The molecular formula is C15H20FN. The first-order valence-corrected chi connectivity index (χ1v) is 6.81. The summed E-state index contributed by atoms with van der Waals surface area (Å²) in [5, 5.41) is 3.35. The van der Waals surface area contributed by atoms with Crippen LogP contribution in [-0.4, -0.2) is 6.54 Å². The molecule has 0 aliphatic heterocycles. The molecule has 0 amide bonds. The van der Waals surface area contributed by atoms with Crippen LogP contribution in [0.1, 0.15) is 49.7 Å². The molecule has 1 N–H and O–H groups in total. The fourth-order valence-corrected chi connectivity index (χ4v) is 2.87. The lowest BCUT2D eigenvalue weighted by Gasteiger charge is -2.25. The molecule has 2 heteroatoms. The van der Waals surface area contributed by atoms with Crippen LogP contribution in [-0.2, 0) is 6.42 Å². The van der Waals surface area contributed by atoms with Crippen molar-refractivity contribution < 1.29 is 4.39 Å². The number of rotatable bonds is 3. The maximum Gasteiger partial charge on any atom is 0.146 e. The molecule has 1 fully saturated rings. The average Bonchev–Trinajstić information content (AvgIpc) is 3.12. The van der Waals surface area contributed by atoms with Crippen LogP contribution >= 0.6 is 0 Å². The summed E-state index contributed by atoms with van der Waals surface area (Å²) in [6, 6.07) is 3.62. The van der Waals surface area contributed by atoms with Gasteiger partial charge in [0, 0.05) is 6.54 Å². The van der Waals surface area contributed by atoms with Crippen LogP contribution in [0.15, 0.2) is 12.1 Å². The van der Waals surface area contributed by atoms with E-state index < -0.39 is 0 Å². The summed E-state index contributed by atoms with van der Waals surface area (Å²) >= 11 is 0. The predicted molar refractivity (Wildman–Crippen MR) is 69.0 cm³/mol. The van der Waals surface area contributed by atoms with Crippen molar-refractivity contribution >= 4 is 5.69 Å². The zero-order valence-corrected chi connectivity index (χ0v) is 10.4. The number of nitrogens with one attached hydrogen (secondary N) is 1. The van der Waals surface area contributed by atoms with Crippen LogP contribution in [0.2, 0.25) is 0 Å². The minimum atomic E-state index is -0.0708. The van der Waals surface area contributed by atoms with Gasteiger partial charge in [0.2, 0.25) is 0 Å². The highest BCUT2D eigenvalue weighted by Crippen LogP contribution is 2.37. The Morgan fingerprint density at radius 3 is 2.88 bits per heavy atom. The molecule has 0 unspecified atom stereocenters. The number of halogens is 1. The van der Waals surface area contributed by atoms with Gasteiger partial charge in [0.1, 0.15) is 5.82 Å². The first-order chi connectivity index (χ1) is 8.25. The van der Waals surface area contributed by atoms with Gasteiger partial charge in [-0.25, -0.2) is 4.39 Å². The van der Waals surface area contributed by atoms with Gasteiger partial charge in [-0.15, -0.1) is 0 Å². The molecule has 0 saturated heterocycles. The van der Waals surface area contributed by atoms with E-state index in [1.807, 2.05) is 6.07 Å². The molecule has 1 aromatic rings. The summed E-state index contributed by atoms with van der Waals surface area (Å²) in [5.74, 6) is 1.30. The fraction of sp³-hybridized carbons (Fsp3) is 0.600. The number of hydrogen-bond acceptors (Lipinski definition) is 1. The van der Waals surface area contributed by atoms with E-state index in [1.165, 1.54) is 36.8 Å². The molecule has 0 radical (unpaired) electrons. The van der Waals surface area contributed by atoms with E-state index in [1.54, 1.807) is 6.07 Å². The third-order valence-corrected chi connectivity index (χ3v) is 4.16. The first kappa shape index (κ1) is 11.1. The van der Waals surface area contributed by atoms with E-state index in [-0.39, 0.29) is 5.82 Å². The van der Waals surface area contributed by atoms with Crippen LogP contribution in [0.25, 0.3) is 0 Å². The molecule has 2 aliphatic carbocycles. The number of benzene rings is 1. The Hall–Kier alpha value is -1.05. The van der Waals surface area contributed by atoms with Gasteiger partial charge in [0.05, 0.1) is 5.69 Å². The summed E-state index contributed by atoms with van der Waals surface area (Å²) in [6.07, 6.45) is 6.07. The zero-order valence-electron chi connectivity index (χ0n) is 10.4. The second-order valence-corrected chi connectivity index (χ2v) is 5.61. The molecule has 17 heavy (non-hydrogen) atoms. The normalized spacial score (nSPS) is 23.3. The highest BCUT2D eigenvalue weighted by Gasteiger charge is 2.24. The third-order valence-electron chi connectivity index (χ3n) is 4.16. The third kappa shape index (κ3) is 2.18. The highest BCUT2D eigenvalue weighted by molar-refractivity contribution is 5.57. The van der Waals surface area contributed by atoms with Gasteiger partial charge in [0.15, 0.2) is 0 Å². The maximum atomic E-state index is 13.9. The van der Waals surface area contributed by atoms with Crippen LogP contribution < -0.4 is 5.32 Å². The molecule has 0 aromatic heterocycles. The van der Waals surface area contributed by atoms with Crippen molar-refractivity contribution in [3.8, 4) is 0 Å². The van der Waals surface area contributed by atoms with Crippen molar-refractivity contribution in [2.24, 2.45) is 5.92 Å². The zero-order chi connectivity index (χ0) is 11.8. The van der Waals surface area contributed by atoms with Gasteiger partial charge in [-0.05, 0) is 61.1 Å². The number of hydrogen-bond donors (Lipinski definition) is 1. The summed E-state index contributed by atoms with van der Waals surface area (Å²) in [6.45, 7) is 3.20. The van der Waals surface area contributed by atoms with E-state index in [9.17, 15) is 4.39 Å². The highest BCUT2D eigenvalue weighted by atomic mass is 19.1. The number of anilines is 1. The van der Waals surface area contributed by atoms with E-state index in [2.05, 4.69) is 12.2 Å². The Morgan fingerprint density at radius 2 is 2.12 bits per heavy atom. The summed E-state index contributed by atoms with van der Waals surface area (Å²) in [4.78, 5) is 0. The Kier molecular flexibility index (Phi) is 2.81. The van der Waals surface area contributed by atoms with Gasteiger partial charge in [0.25, 0.3) is 0 Å². The second kappa shape index (κ2) is 4.32. The first-order valence-electron chi connectivity index (χ1n) is 6.81. The molecule has 3 rings (SSSR count). The Balaban J connectivity index is 1.90. The quantitative estimate of drug-likeness (QED) is 0.829. The SMILES string of the molecule is C[C@H]1CCCc2c1ccc(F)c2NCC1CC1. The molecular weight excluding hydrogens is 213 g/mol. The van der Waals surface area contributed by atoms with Crippen molar-refractivity contribution in [1.29, 1.82) is 0 Å². The van der Waals surface area contributed by atoms with Crippen molar-refractivity contribution in [3.05, 3.63) is 29.1 Å². The van der Waals surface area contributed by atoms with E-state index in [0.29, 0.717) is 5.92 Å². The van der Waals surface area contributed by atoms with Gasteiger partial charge in [-0.3, -0.25) is 0 Å². The molecule has 1 aromatic carbocycles. The monoisotopic (exact) mass is 233 g/mol. The van der Waals surface area contributed by atoms with Gasteiger partial charge < -0.3 is 5.32 Å². The average molecular weight is 233 g/mol. The van der Waals surface area contributed by atoms with Crippen molar-refractivity contribution in [3.63, 3.8) is 0 Å². The lowest BCUT2D eigenvalue weighted by Crippen LogP contribution is -2.14. The predicted octanol–water partition coefficient (Wildman–Crippen LogP) is 4.09. The standard InChI is InChI=1S/C15H20FN/c1-10-3-2-4-13-12(10)7-8-14(16)15(13)17-9-11-5-6-11/h7-8,10-11,17H,2-6,9H2,1H3/t10-/m0/s1. The summed E-state index contributed by atoms with van der Waals surface area (Å²) < 4.78 is 13.9. The van der Waals surface area contributed by atoms with Gasteiger partial charge in [-0.1, -0.05) is 13.0 Å². The van der Waals surface area contributed by atoms with E-state index >= 15 is 0 Å². The molecule has 1 saturated carbocycles. The minimum Gasteiger partial charge on any atom is -0.382 e. The number of fused-ring (bicyclic) bond motifs is 1. The lowest BCUT2D eigenvalue weighted by atomic mass is 9.83. The van der Waals surface area contributed by atoms with Crippen molar-refractivity contribution in [2.75, 3.05) is 11.9 Å². The van der Waals surface area contributed by atoms with Crippen LogP contribution in [0.3, 0.4) is 0 Å². The minimum absolute atomic E-state index is 0.0708. The lowest BCUT2D eigenvalue weighted by molar-refractivity contribution is 0.577. The molecule has 1 nitrogen and oxygen atoms in total. The Bertz CT molecular complexity index is 423. The van der Waals surface area contributed by atoms with Gasteiger partial charge in [-0.2, -0.15) is 0 Å².